The molecule has 0 aromatic carbocycles. The predicted octanol–water partition coefficient (Wildman–Crippen LogP) is 3.58. The summed E-state index contributed by atoms with van der Waals surface area (Å²) in [6.07, 6.45) is 6.06. The van der Waals surface area contributed by atoms with Crippen LogP contribution in [0.1, 0.15) is 39.3 Å². The molecule has 4 heteroatoms. The lowest BCUT2D eigenvalue weighted by Crippen LogP contribution is -2.03. The molecule has 0 saturated heterocycles. The number of thioether (sulfide) groups is 1. The van der Waals surface area contributed by atoms with Crippen LogP contribution in [0.25, 0.3) is 0 Å². The number of anilines is 1. The van der Waals surface area contributed by atoms with Crippen molar-refractivity contribution in [3.05, 3.63) is 18.1 Å². The van der Waals surface area contributed by atoms with Gasteiger partial charge < -0.3 is 5.32 Å². The number of hydrogen-bond donors (Lipinski definition) is 1. The highest BCUT2D eigenvalue weighted by molar-refractivity contribution is 7.98. The quantitative estimate of drug-likeness (QED) is 0.768. The lowest BCUT2D eigenvalue weighted by Gasteiger charge is -2.07. The first kappa shape index (κ1) is 14.3. The molecule has 0 aliphatic rings. The van der Waals surface area contributed by atoms with E-state index in [1.807, 2.05) is 24.2 Å². The van der Waals surface area contributed by atoms with Crippen LogP contribution in [-0.4, -0.2) is 22.3 Å². The molecule has 1 heterocycles. The SMILES string of the molecule is CCCNc1cnc(CSCC(C)CC)cn1. The number of rotatable bonds is 8. The molecule has 0 radical (unpaired) electrons. The summed E-state index contributed by atoms with van der Waals surface area (Å²) in [4.78, 5) is 8.76. The normalized spacial score (nSPS) is 12.4. The van der Waals surface area contributed by atoms with Gasteiger partial charge in [-0.15, -0.1) is 0 Å². The molecule has 17 heavy (non-hydrogen) atoms. The van der Waals surface area contributed by atoms with Crippen LogP contribution in [0.4, 0.5) is 5.82 Å². The van der Waals surface area contributed by atoms with Gasteiger partial charge in [-0.25, -0.2) is 4.98 Å². The van der Waals surface area contributed by atoms with Crippen molar-refractivity contribution in [3.63, 3.8) is 0 Å². The standard InChI is InChI=1S/C13H23N3S/c1-4-6-14-13-8-15-12(7-16-13)10-17-9-11(3)5-2/h7-8,11H,4-6,9-10H2,1-3H3,(H,14,16). The zero-order chi connectivity index (χ0) is 12.5. The van der Waals surface area contributed by atoms with E-state index in [0.29, 0.717) is 0 Å². The van der Waals surface area contributed by atoms with Gasteiger partial charge in [-0.3, -0.25) is 4.98 Å². The summed E-state index contributed by atoms with van der Waals surface area (Å²) in [6, 6.07) is 0. The molecule has 96 valence electrons. The fraction of sp³-hybridized carbons (Fsp3) is 0.692. The largest absolute Gasteiger partial charge is 0.369 e. The third kappa shape index (κ3) is 5.91. The second kappa shape index (κ2) is 8.34. The van der Waals surface area contributed by atoms with Crippen LogP contribution in [0.2, 0.25) is 0 Å². The molecule has 1 unspecified atom stereocenters. The lowest BCUT2D eigenvalue weighted by molar-refractivity contribution is 0.637. The van der Waals surface area contributed by atoms with E-state index in [0.717, 1.165) is 36.1 Å². The number of hydrogen-bond acceptors (Lipinski definition) is 4. The molecule has 0 amide bonds. The Labute approximate surface area is 109 Å². The van der Waals surface area contributed by atoms with Gasteiger partial charge in [0.2, 0.25) is 0 Å². The predicted molar refractivity (Wildman–Crippen MR) is 76.4 cm³/mol. The van der Waals surface area contributed by atoms with E-state index in [9.17, 15) is 0 Å². The fourth-order valence-corrected chi connectivity index (χ4v) is 2.37. The smallest absolute Gasteiger partial charge is 0.144 e. The molecule has 3 nitrogen and oxygen atoms in total. The third-order valence-corrected chi connectivity index (χ3v) is 3.92. The minimum absolute atomic E-state index is 0.790. The Morgan fingerprint density at radius 3 is 2.71 bits per heavy atom. The monoisotopic (exact) mass is 253 g/mol. The van der Waals surface area contributed by atoms with Crippen molar-refractivity contribution in [2.75, 3.05) is 17.6 Å². The van der Waals surface area contributed by atoms with E-state index in [4.69, 9.17) is 0 Å². The Bertz CT molecular complexity index is 300. The van der Waals surface area contributed by atoms with Gasteiger partial charge in [-0.1, -0.05) is 27.2 Å². The van der Waals surface area contributed by atoms with Crippen LogP contribution < -0.4 is 5.32 Å². The summed E-state index contributed by atoms with van der Waals surface area (Å²) in [6.45, 7) is 7.62. The number of nitrogens with zero attached hydrogens (tertiary/aromatic N) is 2. The Morgan fingerprint density at radius 2 is 2.12 bits per heavy atom. The van der Waals surface area contributed by atoms with Gasteiger partial charge in [0, 0.05) is 12.3 Å². The highest BCUT2D eigenvalue weighted by Crippen LogP contribution is 2.15. The molecule has 0 bridgehead atoms. The maximum Gasteiger partial charge on any atom is 0.144 e. The van der Waals surface area contributed by atoms with Gasteiger partial charge in [0.15, 0.2) is 0 Å². The van der Waals surface area contributed by atoms with Gasteiger partial charge in [0.25, 0.3) is 0 Å². The summed E-state index contributed by atoms with van der Waals surface area (Å²) < 4.78 is 0. The molecule has 1 N–H and O–H groups in total. The Hall–Kier alpha value is -0.770. The van der Waals surface area contributed by atoms with E-state index in [-0.39, 0.29) is 0 Å². The van der Waals surface area contributed by atoms with Gasteiger partial charge in [-0.05, 0) is 18.1 Å². The van der Waals surface area contributed by atoms with E-state index in [1.54, 1.807) is 0 Å². The molecule has 1 rings (SSSR count). The molecule has 0 spiro atoms. The molecule has 0 fully saturated rings. The van der Waals surface area contributed by atoms with Gasteiger partial charge in [-0.2, -0.15) is 11.8 Å². The van der Waals surface area contributed by atoms with Crippen molar-refractivity contribution in [2.24, 2.45) is 5.92 Å². The van der Waals surface area contributed by atoms with E-state index in [1.165, 1.54) is 12.2 Å². The molecule has 1 aromatic rings. The summed E-state index contributed by atoms with van der Waals surface area (Å²) in [5.74, 6) is 3.83. The molecule has 1 aromatic heterocycles. The van der Waals surface area contributed by atoms with E-state index < -0.39 is 0 Å². The summed E-state index contributed by atoms with van der Waals surface area (Å²) >= 11 is 1.94. The second-order valence-corrected chi connectivity index (χ2v) is 5.38. The molecular weight excluding hydrogens is 230 g/mol. The van der Waals surface area contributed by atoms with E-state index in [2.05, 4.69) is 36.1 Å². The zero-order valence-electron chi connectivity index (χ0n) is 11.1. The topological polar surface area (TPSA) is 37.8 Å². The Balaban J connectivity index is 2.30. The Morgan fingerprint density at radius 1 is 1.29 bits per heavy atom. The average molecular weight is 253 g/mol. The van der Waals surface area contributed by atoms with Crippen molar-refractivity contribution in [2.45, 2.75) is 39.4 Å². The van der Waals surface area contributed by atoms with Crippen LogP contribution in [0, 0.1) is 5.92 Å². The fourth-order valence-electron chi connectivity index (χ4n) is 1.26. The van der Waals surface area contributed by atoms with Crippen molar-refractivity contribution in [3.8, 4) is 0 Å². The maximum absolute atomic E-state index is 4.41. The Kier molecular flexibility index (Phi) is 7.01. The second-order valence-electron chi connectivity index (χ2n) is 4.35. The molecule has 0 saturated carbocycles. The first-order valence-corrected chi connectivity index (χ1v) is 7.54. The van der Waals surface area contributed by atoms with E-state index >= 15 is 0 Å². The molecule has 1 atom stereocenters. The van der Waals surface area contributed by atoms with Gasteiger partial charge >= 0.3 is 0 Å². The van der Waals surface area contributed by atoms with Crippen molar-refractivity contribution in [1.82, 2.24) is 9.97 Å². The molecule has 0 aliphatic carbocycles. The van der Waals surface area contributed by atoms with Crippen LogP contribution >= 0.6 is 11.8 Å². The van der Waals surface area contributed by atoms with Crippen LogP contribution in [0.3, 0.4) is 0 Å². The molecular formula is C13H23N3S. The van der Waals surface area contributed by atoms with Crippen molar-refractivity contribution >= 4 is 17.6 Å². The first-order valence-electron chi connectivity index (χ1n) is 6.38. The summed E-state index contributed by atoms with van der Waals surface area (Å²) in [5, 5.41) is 3.22. The lowest BCUT2D eigenvalue weighted by atomic mass is 10.2. The average Bonchev–Trinajstić information content (AvgIpc) is 2.37. The third-order valence-electron chi connectivity index (χ3n) is 2.61. The highest BCUT2D eigenvalue weighted by atomic mass is 32.2. The van der Waals surface area contributed by atoms with Gasteiger partial charge in [0.05, 0.1) is 18.1 Å². The number of aromatic nitrogens is 2. The molecule has 0 aliphatic heterocycles. The van der Waals surface area contributed by atoms with Crippen LogP contribution in [-0.2, 0) is 5.75 Å². The first-order chi connectivity index (χ1) is 8.26. The van der Waals surface area contributed by atoms with Crippen LogP contribution in [0.5, 0.6) is 0 Å². The van der Waals surface area contributed by atoms with Crippen LogP contribution in [0.15, 0.2) is 12.4 Å². The van der Waals surface area contributed by atoms with Crippen molar-refractivity contribution < 1.29 is 0 Å². The van der Waals surface area contributed by atoms with Gasteiger partial charge in [0.1, 0.15) is 5.82 Å². The minimum Gasteiger partial charge on any atom is -0.369 e. The number of nitrogens with one attached hydrogen (secondary N) is 1. The summed E-state index contributed by atoms with van der Waals surface area (Å²) in [5.41, 5.74) is 1.07. The highest BCUT2D eigenvalue weighted by Gasteiger charge is 2.01. The van der Waals surface area contributed by atoms with Crippen molar-refractivity contribution in [1.29, 1.82) is 0 Å². The zero-order valence-corrected chi connectivity index (χ0v) is 11.9. The minimum atomic E-state index is 0.790. The maximum atomic E-state index is 4.41. The summed E-state index contributed by atoms with van der Waals surface area (Å²) in [7, 11) is 0.